The van der Waals surface area contributed by atoms with E-state index in [2.05, 4.69) is 15.0 Å². The normalized spacial score (nSPS) is 19.4. The van der Waals surface area contributed by atoms with Crippen molar-refractivity contribution in [1.29, 1.82) is 0 Å². The number of fused-ring (bicyclic) bond motifs is 1. The highest BCUT2D eigenvalue weighted by Crippen LogP contribution is 2.19. The van der Waals surface area contributed by atoms with E-state index in [0.29, 0.717) is 13.2 Å². The lowest BCUT2D eigenvalue weighted by Crippen LogP contribution is -2.18. The minimum atomic E-state index is -0.450. The molecule has 0 radical (unpaired) electrons. The molecule has 5 heteroatoms. The minimum Gasteiger partial charge on any atom is -0.465 e. The highest BCUT2D eigenvalue weighted by atomic mass is 16.5. The molecule has 0 saturated carbocycles. The number of hydrogen-bond acceptors (Lipinski definition) is 4. The third-order valence-corrected chi connectivity index (χ3v) is 2.33. The Labute approximate surface area is 87.6 Å². The monoisotopic (exact) mass is 207 g/mol. The molecule has 0 aliphatic carbocycles. The van der Waals surface area contributed by atoms with Crippen molar-refractivity contribution in [2.75, 3.05) is 13.2 Å². The second-order valence-electron chi connectivity index (χ2n) is 3.30. The second-order valence-corrected chi connectivity index (χ2v) is 3.30. The first-order valence-corrected chi connectivity index (χ1v) is 5.01. The second kappa shape index (κ2) is 4.25. The van der Waals surface area contributed by atoms with Crippen molar-refractivity contribution in [1.82, 2.24) is 9.97 Å². The summed E-state index contributed by atoms with van der Waals surface area (Å²) in [6.07, 6.45) is 4.03. The van der Waals surface area contributed by atoms with Gasteiger partial charge < -0.3 is 9.72 Å². The Bertz CT molecular complexity index is 384. The summed E-state index contributed by atoms with van der Waals surface area (Å²) in [7, 11) is 0. The molecule has 2 heterocycles. The van der Waals surface area contributed by atoms with E-state index in [4.69, 9.17) is 4.74 Å². The summed E-state index contributed by atoms with van der Waals surface area (Å²) in [5.74, 6) is -0.731. The molecule has 5 nitrogen and oxygen atoms in total. The van der Waals surface area contributed by atoms with Gasteiger partial charge in [0.15, 0.2) is 0 Å². The smallest absolute Gasteiger partial charge is 0.320 e. The number of aliphatic imine (C=N–C) groups is 1. The Morgan fingerprint density at radius 3 is 3.40 bits per heavy atom. The molecule has 0 saturated heterocycles. The Balaban J connectivity index is 2.28. The molecule has 0 amide bonds. The number of esters is 1. The third-order valence-electron chi connectivity index (χ3n) is 2.33. The molecule has 2 rings (SSSR count). The van der Waals surface area contributed by atoms with E-state index >= 15 is 0 Å². The first-order chi connectivity index (χ1) is 7.33. The van der Waals surface area contributed by atoms with Crippen molar-refractivity contribution in [2.24, 2.45) is 4.99 Å². The van der Waals surface area contributed by atoms with Gasteiger partial charge in [0.25, 0.3) is 0 Å². The largest absolute Gasteiger partial charge is 0.465 e. The fourth-order valence-electron chi connectivity index (χ4n) is 1.63. The Kier molecular flexibility index (Phi) is 2.80. The van der Waals surface area contributed by atoms with Gasteiger partial charge in [0, 0.05) is 24.9 Å². The van der Waals surface area contributed by atoms with Crippen LogP contribution in [0.5, 0.6) is 0 Å². The lowest BCUT2D eigenvalue weighted by atomic mass is 10.1. The number of rotatable bonds is 2. The molecule has 0 aromatic carbocycles. The maximum Gasteiger partial charge on any atom is 0.320 e. The quantitative estimate of drug-likeness (QED) is 0.725. The van der Waals surface area contributed by atoms with Crippen molar-refractivity contribution in [3.8, 4) is 0 Å². The van der Waals surface area contributed by atoms with Gasteiger partial charge in [0.1, 0.15) is 5.92 Å². The molecule has 1 aromatic rings. The highest BCUT2D eigenvalue weighted by molar-refractivity contribution is 5.96. The first-order valence-electron chi connectivity index (χ1n) is 5.01. The number of imidazole rings is 1. The zero-order valence-electron chi connectivity index (χ0n) is 8.56. The van der Waals surface area contributed by atoms with Crippen LogP contribution in [0, 0.1) is 0 Å². The van der Waals surface area contributed by atoms with Gasteiger partial charge in [-0.25, -0.2) is 4.98 Å². The first kappa shape index (κ1) is 9.89. The number of carbonyl (C=O) groups excluding carboxylic acids is 1. The van der Waals surface area contributed by atoms with Crippen molar-refractivity contribution in [3.63, 3.8) is 0 Å². The molecule has 1 aromatic heterocycles. The fraction of sp³-hybridized carbons (Fsp3) is 0.500. The van der Waals surface area contributed by atoms with Crippen molar-refractivity contribution in [2.45, 2.75) is 19.3 Å². The van der Waals surface area contributed by atoms with Crippen LogP contribution in [0.1, 0.15) is 24.2 Å². The van der Waals surface area contributed by atoms with Gasteiger partial charge in [-0.05, 0) is 6.92 Å². The maximum absolute atomic E-state index is 11.6. The van der Waals surface area contributed by atoms with E-state index in [9.17, 15) is 4.79 Å². The number of aromatic amines is 1. The number of hydrogen-bond donors (Lipinski definition) is 1. The van der Waals surface area contributed by atoms with Crippen molar-refractivity contribution >= 4 is 12.2 Å². The number of nitrogens with zero attached hydrogens (tertiary/aromatic N) is 2. The molecule has 1 N–H and O–H groups in total. The Morgan fingerprint density at radius 1 is 1.73 bits per heavy atom. The van der Waals surface area contributed by atoms with Crippen molar-refractivity contribution < 1.29 is 9.53 Å². The fourth-order valence-corrected chi connectivity index (χ4v) is 1.63. The standard InChI is InChI=1S/C10H13N3O2/c1-2-15-10(14)7-5-11-4-3-8-9(7)13-6-12-8/h5-7H,2-4H2,1H3,(H,12,13). The zero-order chi connectivity index (χ0) is 10.7. The topological polar surface area (TPSA) is 67.3 Å². The molecular weight excluding hydrogens is 194 g/mol. The van der Waals surface area contributed by atoms with E-state index in [1.54, 1.807) is 19.5 Å². The lowest BCUT2D eigenvalue weighted by molar-refractivity contribution is -0.143. The zero-order valence-corrected chi connectivity index (χ0v) is 8.56. The highest BCUT2D eigenvalue weighted by Gasteiger charge is 2.26. The molecule has 0 bridgehead atoms. The van der Waals surface area contributed by atoms with Crippen LogP contribution in [0.15, 0.2) is 11.3 Å². The molecule has 0 fully saturated rings. The van der Waals surface area contributed by atoms with E-state index in [0.717, 1.165) is 17.8 Å². The molecule has 1 atom stereocenters. The van der Waals surface area contributed by atoms with Crippen LogP contribution < -0.4 is 0 Å². The van der Waals surface area contributed by atoms with Crippen LogP contribution in [0.3, 0.4) is 0 Å². The SMILES string of the molecule is CCOC(=O)C1C=NCCc2[nH]cnc21. The van der Waals surface area contributed by atoms with E-state index in [1.165, 1.54) is 0 Å². The summed E-state index contributed by atoms with van der Waals surface area (Å²) in [6, 6.07) is 0. The van der Waals surface area contributed by atoms with Gasteiger partial charge in [0.05, 0.1) is 18.6 Å². The Morgan fingerprint density at radius 2 is 2.60 bits per heavy atom. The van der Waals surface area contributed by atoms with Gasteiger partial charge >= 0.3 is 5.97 Å². The number of carbonyl (C=O) groups is 1. The van der Waals surface area contributed by atoms with Crippen LogP contribution >= 0.6 is 0 Å². The van der Waals surface area contributed by atoms with Crippen LogP contribution in [-0.4, -0.2) is 35.3 Å². The maximum atomic E-state index is 11.6. The number of H-pyrrole nitrogens is 1. The predicted molar refractivity (Wildman–Crippen MR) is 55.0 cm³/mol. The van der Waals surface area contributed by atoms with Crippen LogP contribution in [0.2, 0.25) is 0 Å². The molecule has 1 aliphatic rings. The van der Waals surface area contributed by atoms with Gasteiger partial charge in [0.2, 0.25) is 0 Å². The predicted octanol–water partition coefficient (Wildman–Crippen LogP) is 0.683. The van der Waals surface area contributed by atoms with Crippen LogP contribution in [0.25, 0.3) is 0 Å². The summed E-state index contributed by atoms with van der Waals surface area (Å²) in [5.41, 5.74) is 1.72. The van der Waals surface area contributed by atoms with Gasteiger partial charge in [-0.2, -0.15) is 0 Å². The molecule has 1 unspecified atom stereocenters. The van der Waals surface area contributed by atoms with Crippen LogP contribution in [0.4, 0.5) is 0 Å². The summed E-state index contributed by atoms with van der Waals surface area (Å²) >= 11 is 0. The molecular formula is C10H13N3O2. The van der Waals surface area contributed by atoms with Gasteiger partial charge in [-0.3, -0.25) is 9.79 Å². The Hall–Kier alpha value is -1.65. The van der Waals surface area contributed by atoms with Gasteiger partial charge in [-0.15, -0.1) is 0 Å². The average molecular weight is 207 g/mol. The molecule has 0 spiro atoms. The molecule has 15 heavy (non-hydrogen) atoms. The third kappa shape index (κ3) is 1.91. The van der Waals surface area contributed by atoms with Crippen molar-refractivity contribution in [3.05, 3.63) is 17.7 Å². The minimum absolute atomic E-state index is 0.281. The average Bonchev–Trinajstić information content (AvgIpc) is 2.58. The van der Waals surface area contributed by atoms with E-state index < -0.39 is 5.92 Å². The number of nitrogens with one attached hydrogen (secondary N) is 1. The van der Waals surface area contributed by atoms with Crippen LogP contribution in [-0.2, 0) is 16.0 Å². The lowest BCUT2D eigenvalue weighted by Gasteiger charge is -2.08. The summed E-state index contributed by atoms with van der Waals surface area (Å²) in [4.78, 5) is 23.0. The molecule has 1 aliphatic heterocycles. The summed E-state index contributed by atoms with van der Waals surface area (Å²) in [6.45, 7) is 2.85. The molecule has 80 valence electrons. The number of ether oxygens (including phenoxy) is 1. The van der Waals surface area contributed by atoms with E-state index in [-0.39, 0.29) is 5.97 Å². The van der Waals surface area contributed by atoms with Gasteiger partial charge in [-0.1, -0.05) is 0 Å². The van der Waals surface area contributed by atoms with E-state index in [1.807, 2.05) is 0 Å². The summed E-state index contributed by atoms with van der Waals surface area (Å²) < 4.78 is 4.98. The number of aromatic nitrogens is 2. The summed E-state index contributed by atoms with van der Waals surface area (Å²) in [5, 5.41) is 0.